The fraction of sp³-hybridized carbons (Fsp3) is 0.500. The molecule has 1 amide bonds. The van der Waals surface area contributed by atoms with Gasteiger partial charge in [-0.1, -0.05) is 12.1 Å². The molecule has 1 N–H and O–H groups in total. The van der Waals surface area contributed by atoms with Crippen molar-refractivity contribution in [3.8, 4) is 0 Å². The maximum absolute atomic E-state index is 12.1. The van der Waals surface area contributed by atoms with Gasteiger partial charge in [0.25, 0.3) is 5.69 Å². The van der Waals surface area contributed by atoms with E-state index in [1.54, 1.807) is 6.07 Å². The predicted octanol–water partition coefficient (Wildman–Crippen LogP) is 1.35. The Kier molecular flexibility index (Phi) is 4.68. The smallest absolute Gasteiger partial charge is 0.269 e. The average Bonchev–Trinajstić information content (AvgIpc) is 2.45. The number of non-ortho nitro benzene ring substituents is 1. The third-order valence-corrected chi connectivity index (χ3v) is 3.47. The van der Waals surface area contributed by atoms with E-state index in [1.165, 1.54) is 12.1 Å². The lowest BCUT2D eigenvalue weighted by Crippen LogP contribution is -2.51. The van der Waals surface area contributed by atoms with E-state index in [0.29, 0.717) is 18.9 Å². The molecule has 0 bridgehead atoms. The minimum Gasteiger partial charge on any atom is -0.340 e. The van der Waals surface area contributed by atoms with Crippen molar-refractivity contribution in [2.75, 3.05) is 19.6 Å². The largest absolute Gasteiger partial charge is 0.340 e. The summed E-state index contributed by atoms with van der Waals surface area (Å²) in [6, 6.07) is 6.80. The van der Waals surface area contributed by atoms with Gasteiger partial charge in [0.1, 0.15) is 0 Å². The van der Waals surface area contributed by atoms with Crippen LogP contribution in [0, 0.1) is 10.1 Å². The van der Waals surface area contributed by atoms with Crippen LogP contribution in [0.1, 0.15) is 18.9 Å². The van der Waals surface area contributed by atoms with Crippen LogP contribution in [0.5, 0.6) is 0 Å². The van der Waals surface area contributed by atoms with E-state index < -0.39 is 4.92 Å². The van der Waals surface area contributed by atoms with Gasteiger partial charge in [0.2, 0.25) is 5.91 Å². The molecule has 6 heteroatoms. The summed E-state index contributed by atoms with van der Waals surface area (Å²) in [6.07, 6.45) is 0.937. The van der Waals surface area contributed by atoms with Crippen molar-refractivity contribution in [1.82, 2.24) is 10.2 Å². The van der Waals surface area contributed by atoms with Crippen LogP contribution in [0.2, 0.25) is 0 Å². The highest BCUT2D eigenvalue weighted by atomic mass is 16.6. The molecule has 0 spiro atoms. The molecule has 20 heavy (non-hydrogen) atoms. The van der Waals surface area contributed by atoms with E-state index in [2.05, 4.69) is 12.2 Å². The number of piperazine rings is 1. The van der Waals surface area contributed by atoms with Crippen molar-refractivity contribution in [3.05, 3.63) is 39.9 Å². The van der Waals surface area contributed by atoms with Crippen LogP contribution >= 0.6 is 0 Å². The first-order valence-electron chi connectivity index (χ1n) is 6.81. The van der Waals surface area contributed by atoms with Gasteiger partial charge in [0, 0.05) is 44.2 Å². The predicted molar refractivity (Wildman–Crippen MR) is 75.5 cm³/mol. The van der Waals surface area contributed by atoms with Crippen LogP contribution in [0.15, 0.2) is 24.3 Å². The Labute approximate surface area is 117 Å². The average molecular weight is 277 g/mol. The van der Waals surface area contributed by atoms with Crippen LogP contribution in [-0.2, 0) is 11.2 Å². The number of carbonyl (C=O) groups excluding carboxylic acids is 1. The topological polar surface area (TPSA) is 75.5 Å². The first-order chi connectivity index (χ1) is 9.56. The summed E-state index contributed by atoms with van der Waals surface area (Å²) in [7, 11) is 0. The summed E-state index contributed by atoms with van der Waals surface area (Å²) >= 11 is 0. The van der Waals surface area contributed by atoms with Gasteiger partial charge in [-0.15, -0.1) is 0 Å². The second-order valence-corrected chi connectivity index (χ2v) is 5.12. The van der Waals surface area contributed by atoms with Crippen molar-refractivity contribution in [1.29, 1.82) is 0 Å². The monoisotopic (exact) mass is 277 g/mol. The molecular weight excluding hydrogens is 258 g/mol. The van der Waals surface area contributed by atoms with Gasteiger partial charge in [-0.2, -0.15) is 0 Å². The zero-order valence-corrected chi connectivity index (χ0v) is 11.5. The van der Waals surface area contributed by atoms with Crippen molar-refractivity contribution >= 4 is 11.6 Å². The normalized spacial score (nSPS) is 18.9. The first kappa shape index (κ1) is 14.5. The van der Waals surface area contributed by atoms with E-state index in [4.69, 9.17) is 0 Å². The third kappa shape index (κ3) is 3.77. The molecule has 1 saturated heterocycles. The molecule has 1 atom stereocenters. The number of hydrogen-bond acceptors (Lipinski definition) is 4. The van der Waals surface area contributed by atoms with Gasteiger partial charge in [0.15, 0.2) is 0 Å². The molecule has 1 fully saturated rings. The lowest BCUT2D eigenvalue weighted by Gasteiger charge is -2.32. The molecular formula is C14H19N3O3. The molecule has 108 valence electrons. The van der Waals surface area contributed by atoms with Gasteiger partial charge in [-0.05, 0) is 18.9 Å². The van der Waals surface area contributed by atoms with Crippen molar-refractivity contribution in [3.63, 3.8) is 0 Å². The highest BCUT2D eigenvalue weighted by molar-refractivity contribution is 5.76. The Morgan fingerprint density at radius 2 is 2.35 bits per heavy atom. The van der Waals surface area contributed by atoms with E-state index in [-0.39, 0.29) is 11.6 Å². The standard InChI is InChI=1S/C14H19N3O3/c1-11-10-16(8-7-15-11)14(18)6-5-12-3-2-4-13(9-12)17(19)20/h2-4,9,11,15H,5-8,10H2,1H3. The molecule has 1 aliphatic heterocycles. The van der Waals surface area contributed by atoms with Crippen molar-refractivity contribution in [2.45, 2.75) is 25.8 Å². The number of hydrogen-bond donors (Lipinski definition) is 1. The SMILES string of the molecule is CC1CN(C(=O)CCc2cccc([N+](=O)[O-])c2)CCN1. The minimum atomic E-state index is -0.413. The summed E-state index contributed by atoms with van der Waals surface area (Å²) in [4.78, 5) is 24.2. The van der Waals surface area contributed by atoms with Gasteiger partial charge in [0.05, 0.1) is 4.92 Å². The van der Waals surface area contributed by atoms with E-state index >= 15 is 0 Å². The van der Waals surface area contributed by atoms with E-state index in [9.17, 15) is 14.9 Å². The van der Waals surface area contributed by atoms with Crippen molar-refractivity contribution < 1.29 is 9.72 Å². The number of nitrogens with zero attached hydrogens (tertiary/aromatic N) is 2. The number of aryl methyl sites for hydroxylation is 1. The van der Waals surface area contributed by atoms with E-state index in [0.717, 1.165) is 25.2 Å². The van der Waals surface area contributed by atoms with Gasteiger partial charge >= 0.3 is 0 Å². The zero-order chi connectivity index (χ0) is 14.5. The summed E-state index contributed by atoms with van der Waals surface area (Å²) < 4.78 is 0. The maximum atomic E-state index is 12.1. The Morgan fingerprint density at radius 3 is 3.05 bits per heavy atom. The molecule has 0 aliphatic carbocycles. The molecule has 6 nitrogen and oxygen atoms in total. The number of carbonyl (C=O) groups is 1. The number of rotatable bonds is 4. The fourth-order valence-corrected chi connectivity index (χ4v) is 2.39. The quantitative estimate of drug-likeness (QED) is 0.666. The number of amides is 1. The first-order valence-corrected chi connectivity index (χ1v) is 6.81. The lowest BCUT2D eigenvalue weighted by molar-refractivity contribution is -0.384. The summed E-state index contributed by atoms with van der Waals surface area (Å²) in [5.74, 6) is 0.116. The fourth-order valence-electron chi connectivity index (χ4n) is 2.39. The van der Waals surface area contributed by atoms with Crippen LogP contribution in [-0.4, -0.2) is 41.4 Å². The highest BCUT2D eigenvalue weighted by Crippen LogP contribution is 2.15. The summed E-state index contributed by atoms with van der Waals surface area (Å²) in [5, 5.41) is 14.0. The molecule has 0 aromatic heterocycles. The Bertz CT molecular complexity index is 504. The second kappa shape index (κ2) is 6.47. The van der Waals surface area contributed by atoms with Crippen LogP contribution in [0.25, 0.3) is 0 Å². The van der Waals surface area contributed by atoms with E-state index in [1.807, 2.05) is 11.0 Å². The molecule has 2 rings (SSSR count). The zero-order valence-electron chi connectivity index (χ0n) is 11.5. The second-order valence-electron chi connectivity index (χ2n) is 5.12. The molecule has 1 aliphatic rings. The highest BCUT2D eigenvalue weighted by Gasteiger charge is 2.20. The van der Waals surface area contributed by atoms with Gasteiger partial charge < -0.3 is 10.2 Å². The molecule has 1 heterocycles. The molecule has 0 radical (unpaired) electrons. The van der Waals surface area contributed by atoms with Gasteiger partial charge in [-0.3, -0.25) is 14.9 Å². The van der Waals surface area contributed by atoms with Crippen LogP contribution < -0.4 is 5.32 Å². The lowest BCUT2D eigenvalue weighted by atomic mass is 10.1. The molecule has 1 unspecified atom stereocenters. The molecule has 1 aromatic carbocycles. The summed E-state index contributed by atoms with van der Waals surface area (Å²) in [6.45, 7) is 4.34. The third-order valence-electron chi connectivity index (χ3n) is 3.47. The number of nitrogens with one attached hydrogen (secondary N) is 1. The number of nitro benzene ring substituents is 1. The van der Waals surface area contributed by atoms with Crippen LogP contribution in [0.3, 0.4) is 0 Å². The van der Waals surface area contributed by atoms with Gasteiger partial charge in [-0.25, -0.2) is 0 Å². The Morgan fingerprint density at radius 1 is 1.55 bits per heavy atom. The Balaban J connectivity index is 1.89. The summed E-state index contributed by atoms with van der Waals surface area (Å²) in [5.41, 5.74) is 0.904. The number of nitro groups is 1. The van der Waals surface area contributed by atoms with Crippen molar-refractivity contribution in [2.24, 2.45) is 0 Å². The number of benzene rings is 1. The molecule has 1 aromatic rings. The minimum absolute atomic E-state index is 0.0748. The van der Waals surface area contributed by atoms with Crippen LogP contribution in [0.4, 0.5) is 5.69 Å². The molecule has 0 saturated carbocycles. The Hall–Kier alpha value is -1.95. The maximum Gasteiger partial charge on any atom is 0.269 e.